The van der Waals surface area contributed by atoms with Crippen molar-refractivity contribution < 1.29 is 0 Å². The van der Waals surface area contributed by atoms with Crippen molar-refractivity contribution in [1.29, 1.82) is 0 Å². The summed E-state index contributed by atoms with van der Waals surface area (Å²) in [5.74, 6) is 1.58. The number of hydrogen-bond donors (Lipinski definition) is 0. The highest BCUT2D eigenvalue weighted by Crippen LogP contribution is 2.54. The molecule has 0 radical (unpaired) electrons. The van der Waals surface area contributed by atoms with E-state index in [1.807, 2.05) is 12.4 Å². The molecule has 0 unspecified atom stereocenters. The van der Waals surface area contributed by atoms with Crippen molar-refractivity contribution in [2.24, 2.45) is 0 Å². The van der Waals surface area contributed by atoms with Crippen molar-refractivity contribution in [2.75, 3.05) is 9.80 Å². The summed E-state index contributed by atoms with van der Waals surface area (Å²) in [6, 6.07) is 58.7. The van der Waals surface area contributed by atoms with Gasteiger partial charge in [-0.05, 0) is 163 Å². The largest absolute Gasteiger partial charge is 0.294 e. The third-order valence-corrected chi connectivity index (χ3v) is 16.6. The summed E-state index contributed by atoms with van der Waals surface area (Å²) in [5, 5.41) is 0. The van der Waals surface area contributed by atoms with Crippen LogP contribution in [-0.2, 0) is 16.2 Å². The highest BCUT2D eigenvalue weighted by molar-refractivity contribution is 5.90. The molecule has 374 valence electrons. The zero-order valence-electron chi connectivity index (χ0n) is 45.0. The van der Waals surface area contributed by atoms with Gasteiger partial charge in [0.25, 0.3) is 0 Å². The molecule has 0 spiro atoms. The average molecular weight is 997 g/mol. The molecule has 2 heterocycles. The third-order valence-electron chi connectivity index (χ3n) is 16.6. The topological polar surface area (TPSA) is 58.0 Å². The van der Waals surface area contributed by atoms with Gasteiger partial charge >= 0.3 is 0 Å². The predicted octanol–water partition coefficient (Wildman–Crippen LogP) is 18.1. The van der Waals surface area contributed by atoms with E-state index in [-0.39, 0.29) is 16.2 Å². The first-order valence-corrected chi connectivity index (χ1v) is 26.7. The molecule has 2 aromatic heterocycles. The van der Waals surface area contributed by atoms with Gasteiger partial charge in [-0.15, -0.1) is 0 Å². The van der Waals surface area contributed by atoms with E-state index in [0.29, 0.717) is 0 Å². The van der Waals surface area contributed by atoms with Gasteiger partial charge in [-0.2, -0.15) is 0 Å². The van der Waals surface area contributed by atoms with Gasteiger partial charge in [0.05, 0.1) is 12.4 Å². The number of rotatable bonds is 10. The standard InChI is InChI=1S/C71H60N6/c1-45-11-9-13-51(35-45)76(67-43-72-31-33-74-67)53-23-29-59-57-27-21-49(39-63(57)70(5,6)65(59)41-53)17-15-47-19-25-55-56-26-20-48(38-62(56)69(3,4)61(55)37-47)16-18-50-22-28-58-60-30-24-54(42-66(60)71(7,8)64(58)40-50)77(68-44-73-32-34-75-68)52-14-10-12-46(2)36-52/h9-44H,1-8H3/b17-15+,18-16+. The lowest BCUT2D eigenvalue weighted by molar-refractivity contribution is 0.660. The molecule has 0 bridgehead atoms. The molecule has 0 amide bonds. The number of aryl methyl sites for hydroxylation is 2. The first-order valence-electron chi connectivity index (χ1n) is 26.7. The van der Waals surface area contributed by atoms with Crippen molar-refractivity contribution in [3.05, 3.63) is 262 Å². The van der Waals surface area contributed by atoms with Gasteiger partial charge in [-0.3, -0.25) is 19.8 Å². The Morgan fingerprint density at radius 2 is 0.623 bits per heavy atom. The first-order chi connectivity index (χ1) is 37.2. The molecule has 0 atom stereocenters. The van der Waals surface area contributed by atoms with Gasteiger partial charge in [0.2, 0.25) is 0 Å². The third kappa shape index (κ3) is 8.10. The summed E-state index contributed by atoms with van der Waals surface area (Å²) >= 11 is 0. The number of benzene rings is 8. The van der Waals surface area contributed by atoms with Crippen LogP contribution in [0.1, 0.15) is 108 Å². The molecule has 8 aromatic carbocycles. The second-order valence-corrected chi connectivity index (χ2v) is 22.7. The molecule has 3 aliphatic rings. The second-order valence-electron chi connectivity index (χ2n) is 22.7. The molecule has 0 aliphatic heterocycles. The van der Waals surface area contributed by atoms with Crippen molar-refractivity contribution in [1.82, 2.24) is 19.9 Å². The molecule has 0 N–H and O–H groups in total. The van der Waals surface area contributed by atoms with Crippen LogP contribution in [0.5, 0.6) is 0 Å². The van der Waals surface area contributed by atoms with Crippen LogP contribution >= 0.6 is 0 Å². The number of nitrogens with zero attached hydrogens (tertiary/aromatic N) is 6. The highest BCUT2D eigenvalue weighted by Gasteiger charge is 2.39. The molecular weight excluding hydrogens is 937 g/mol. The Balaban J connectivity index is 0.732. The van der Waals surface area contributed by atoms with Crippen LogP contribution in [0.3, 0.4) is 0 Å². The highest BCUT2D eigenvalue weighted by atomic mass is 15.2. The smallest absolute Gasteiger partial charge is 0.156 e. The second kappa shape index (κ2) is 18.1. The van der Waals surface area contributed by atoms with Crippen LogP contribution in [-0.4, -0.2) is 19.9 Å². The van der Waals surface area contributed by atoms with E-state index in [9.17, 15) is 0 Å². The molecule has 3 aliphatic carbocycles. The van der Waals surface area contributed by atoms with Gasteiger partial charge < -0.3 is 0 Å². The molecule has 0 saturated carbocycles. The van der Waals surface area contributed by atoms with Gasteiger partial charge in [-0.1, -0.05) is 175 Å². The summed E-state index contributed by atoms with van der Waals surface area (Å²) in [7, 11) is 0. The maximum Gasteiger partial charge on any atom is 0.156 e. The van der Waals surface area contributed by atoms with Gasteiger partial charge in [-0.25, -0.2) is 9.97 Å². The van der Waals surface area contributed by atoms with Crippen LogP contribution in [0, 0.1) is 13.8 Å². The normalized spacial score (nSPS) is 14.7. The van der Waals surface area contributed by atoms with E-state index in [1.54, 1.807) is 24.8 Å². The molecule has 6 heteroatoms. The fraction of sp³-hybridized carbons (Fsp3) is 0.155. The Hall–Kier alpha value is -9.00. The quantitative estimate of drug-likeness (QED) is 0.127. The Kier molecular flexibility index (Phi) is 11.2. The summed E-state index contributed by atoms with van der Waals surface area (Å²) in [6.07, 6.45) is 19.7. The molecule has 77 heavy (non-hydrogen) atoms. The minimum absolute atomic E-state index is 0.160. The Morgan fingerprint density at radius 1 is 0.325 bits per heavy atom. The summed E-state index contributed by atoms with van der Waals surface area (Å²) in [5.41, 5.74) is 26.6. The molecular formula is C71H60N6. The Labute approximate surface area is 452 Å². The lowest BCUT2D eigenvalue weighted by atomic mass is 9.81. The van der Waals surface area contributed by atoms with Gasteiger partial charge in [0, 0.05) is 63.8 Å². The molecule has 0 fully saturated rings. The number of anilines is 6. The Morgan fingerprint density at radius 3 is 0.922 bits per heavy atom. The maximum absolute atomic E-state index is 4.73. The minimum Gasteiger partial charge on any atom is -0.294 e. The molecule has 6 nitrogen and oxygen atoms in total. The summed E-state index contributed by atoms with van der Waals surface area (Å²) in [4.78, 5) is 22.7. The minimum atomic E-state index is -0.204. The summed E-state index contributed by atoms with van der Waals surface area (Å²) < 4.78 is 0. The zero-order chi connectivity index (χ0) is 52.8. The molecule has 13 rings (SSSR count). The van der Waals surface area contributed by atoms with Crippen LogP contribution < -0.4 is 9.80 Å². The molecule has 10 aromatic rings. The van der Waals surface area contributed by atoms with Crippen LogP contribution in [0.2, 0.25) is 0 Å². The van der Waals surface area contributed by atoms with Crippen molar-refractivity contribution in [2.45, 2.75) is 71.6 Å². The fourth-order valence-electron chi connectivity index (χ4n) is 12.5. The van der Waals surface area contributed by atoms with E-state index in [1.165, 1.54) is 100 Å². The van der Waals surface area contributed by atoms with Crippen LogP contribution in [0.15, 0.2) is 195 Å². The van der Waals surface area contributed by atoms with E-state index in [0.717, 1.165) is 34.4 Å². The van der Waals surface area contributed by atoms with Crippen LogP contribution in [0.4, 0.5) is 34.4 Å². The van der Waals surface area contributed by atoms with E-state index < -0.39 is 0 Å². The van der Waals surface area contributed by atoms with E-state index in [4.69, 9.17) is 9.97 Å². The lowest BCUT2D eigenvalue weighted by Gasteiger charge is -2.27. The first kappa shape index (κ1) is 47.7. The monoisotopic (exact) mass is 996 g/mol. The van der Waals surface area contributed by atoms with Crippen molar-refractivity contribution in [3.8, 4) is 33.4 Å². The zero-order valence-corrected chi connectivity index (χ0v) is 45.0. The maximum atomic E-state index is 4.73. The molecule has 0 saturated heterocycles. The Bertz CT molecular complexity index is 3790. The summed E-state index contributed by atoms with van der Waals surface area (Å²) in [6.45, 7) is 18.4. The fourth-order valence-corrected chi connectivity index (χ4v) is 12.5. The number of fused-ring (bicyclic) bond motifs is 9. The van der Waals surface area contributed by atoms with E-state index in [2.05, 4.69) is 257 Å². The SMILES string of the molecule is Cc1cccc(N(c2ccc3c(c2)C(C)(C)c2cc(/C=C/c4ccc5c(c4)C(C)(C)c4cc(/C=C/c6ccc7c(c6)C(C)(C)c6cc(N(c8cccc(C)c8)c8cnccn8)ccc6-7)ccc4-5)ccc2-3)c2cnccn2)c1. The van der Waals surface area contributed by atoms with E-state index >= 15 is 0 Å². The number of hydrogen-bond acceptors (Lipinski definition) is 6. The van der Waals surface area contributed by atoms with Gasteiger partial charge in [0.1, 0.15) is 0 Å². The van der Waals surface area contributed by atoms with Crippen molar-refractivity contribution in [3.63, 3.8) is 0 Å². The van der Waals surface area contributed by atoms with Crippen LogP contribution in [0.25, 0.3) is 57.7 Å². The predicted molar refractivity (Wildman–Crippen MR) is 320 cm³/mol. The van der Waals surface area contributed by atoms with Gasteiger partial charge in [0.15, 0.2) is 11.6 Å². The number of aromatic nitrogens is 4. The lowest BCUT2D eigenvalue weighted by Crippen LogP contribution is -2.17. The van der Waals surface area contributed by atoms with Crippen molar-refractivity contribution >= 4 is 58.7 Å². The average Bonchev–Trinajstić information content (AvgIpc) is 4.16.